The molecule has 1 aromatic rings. The van der Waals surface area contributed by atoms with E-state index in [4.69, 9.17) is 9.47 Å². The summed E-state index contributed by atoms with van der Waals surface area (Å²) in [6.07, 6.45) is 8.42. The van der Waals surface area contributed by atoms with Gasteiger partial charge in [0.2, 0.25) is 5.91 Å². The minimum Gasteiger partial charge on any atom is -0.497 e. The lowest BCUT2D eigenvalue weighted by Gasteiger charge is -2.55. The molecule has 10 heteroatoms. The zero-order valence-corrected chi connectivity index (χ0v) is 25.2. The molecular formula is C31H44N6O3S. The Hall–Kier alpha value is -2.13. The Labute approximate surface area is 248 Å². The molecule has 4 aliphatic heterocycles. The Morgan fingerprint density at radius 1 is 1.27 bits per heavy atom. The molecular weight excluding hydrogens is 536 g/mol. The maximum absolute atomic E-state index is 12.6. The molecule has 9 nitrogen and oxygen atoms in total. The number of hydrogen-bond acceptors (Lipinski definition) is 9. The van der Waals surface area contributed by atoms with Gasteiger partial charge >= 0.3 is 0 Å². The van der Waals surface area contributed by atoms with Crippen LogP contribution in [0.15, 0.2) is 35.7 Å². The summed E-state index contributed by atoms with van der Waals surface area (Å²) in [6, 6.07) is 9.47. The van der Waals surface area contributed by atoms with Crippen molar-refractivity contribution in [3.05, 3.63) is 36.4 Å². The van der Waals surface area contributed by atoms with E-state index >= 15 is 0 Å². The molecule has 5 aliphatic rings. The van der Waals surface area contributed by atoms with Gasteiger partial charge in [0.25, 0.3) is 0 Å². The third kappa shape index (κ3) is 5.90. The fourth-order valence-electron chi connectivity index (χ4n) is 7.83. The van der Waals surface area contributed by atoms with Crippen molar-refractivity contribution in [3.8, 4) is 11.8 Å². The van der Waals surface area contributed by atoms with Crippen molar-refractivity contribution in [2.75, 3.05) is 46.9 Å². The van der Waals surface area contributed by atoms with Crippen molar-refractivity contribution < 1.29 is 14.3 Å². The van der Waals surface area contributed by atoms with E-state index in [0.29, 0.717) is 44.1 Å². The number of thioether (sulfide) groups is 1. The standard InChI is InChI=1S/C31H44N6O3S/c1-4-28(38)37-15-14-36(19-22(37)10-12-32)29-25-9-11-31(17-21-7-8-24(39-3)16-27(21)41-31)18-26(25)33-30(34-29)40-20-23-6-5-13-35(23)2/h4,7-8,16,22-23,25-26,29-30,33-34H,1,5-6,9-11,13-15,17-20H2,2-3H3/t22?,23?,25?,26?,29?,30?,31-/m0/s1. The van der Waals surface area contributed by atoms with Crippen LogP contribution in [-0.2, 0) is 16.0 Å². The summed E-state index contributed by atoms with van der Waals surface area (Å²) in [5, 5.41) is 17.3. The normalized spacial score (nSPS) is 35.6. The van der Waals surface area contributed by atoms with E-state index in [0.717, 1.165) is 44.5 Å². The van der Waals surface area contributed by atoms with Gasteiger partial charge in [-0.05, 0) is 75.9 Å². The number of methoxy groups -OCH3 is 1. The van der Waals surface area contributed by atoms with Gasteiger partial charge in [0.1, 0.15) is 5.75 Å². The Balaban J connectivity index is 1.20. The van der Waals surface area contributed by atoms with Crippen LogP contribution in [0.4, 0.5) is 0 Å². The molecule has 4 fully saturated rings. The number of likely N-dealkylation sites (N-methyl/N-ethyl adjacent to an activating group) is 1. The SMILES string of the molecule is C=CC(=O)N1CCN(C2NC(OCC3CCCN3C)NC3C[C@]4(CCC32)Cc2ccc(OC)cc2S4)CC1CC#N. The summed E-state index contributed by atoms with van der Waals surface area (Å²) in [5.41, 5.74) is 1.43. The van der Waals surface area contributed by atoms with Crippen LogP contribution in [0.2, 0.25) is 0 Å². The number of carbonyl (C=O) groups excluding carboxylic acids is 1. The summed E-state index contributed by atoms with van der Waals surface area (Å²) in [7, 11) is 3.93. The number of nitriles is 1. The number of nitrogens with one attached hydrogen (secondary N) is 2. The monoisotopic (exact) mass is 580 g/mol. The van der Waals surface area contributed by atoms with E-state index in [-0.39, 0.29) is 29.2 Å². The van der Waals surface area contributed by atoms with E-state index in [1.54, 1.807) is 7.11 Å². The van der Waals surface area contributed by atoms with Gasteiger partial charge in [0, 0.05) is 47.3 Å². The first-order chi connectivity index (χ1) is 19.9. The number of rotatable bonds is 7. The predicted molar refractivity (Wildman–Crippen MR) is 159 cm³/mol. The molecule has 41 heavy (non-hydrogen) atoms. The summed E-state index contributed by atoms with van der Waals surface area (Å²) >= 11 is 2.04. The Morgan fingerprint density at radius 3 is 2.90 bits per heavy atom. The largest absolute Gasteiger partial charge is 0.497 e. The maximum atomic E-state index is 12.6. The lowest BCUT2D eigenvalue weighted by atomic mass is 9.73. The molecule has 3 saturated heterocycles. The highest BCUT2D eigenvalue weighted by Gasteiger charge is 2.51. The number of likely N-dealkylation sites (tertiary alicyclic amines) is 1. The highest BCUT2D eigenvalue weighted by atomic mass is 32.2. The van der Waals surface area contributed by atoms with Crippen LogP contribution in [-0.4, -0.2) is 103 Å². The zero-order valence-electron chi connectivity index (χ0n) is 24.4. The molecule has 7 atom stereocenters. The number of nitrogens with zero attached hydrogens (tertiary/aromatic N) is 4. The van der Waals surface area contributed by atoms with Gasteiger partial charge < -0.3 is 19.3 Å². The minimum absolute atomic E-state index is 0.0861. The Kier molecular flexibility index (Phi) is 8.64. The van der Waals surface area contributed by atoms with E-state index in [9.17, 15) is 10.1 Å². The van der Waals surface area contributed by atoms with E-state index in [1.807, 2.05) is 16.7 Å². The fraction of sp³-hybridized carbons (Fsp3) is 0.677. The molecule has 1 spiro atoms. The highest BCUT2D eigenvalue weighted by Crippen LogP contribution is 2.55. The predicted octanol–water partition coefficient (Wildman–Crippen LogP) is 2.78. The lowest BCUT2D eigenvalue weighted by Crippen LogP contribution is -2.72. The molecule has 6 rings (SSSR count). The van der Waals surface area contributed by atoms with Crippen molar-refractivity contribution in [1.29, 1.82) is 5.26 Å². The molecule has 0 aromatic heterocycles. The van der Waals surface area contributed by atoms with Crippen molar-refractivity contribution in [3.63, 3.8) is 0 Å². The van der Waals surface area contributed by atoms with Crippen molar-refractivity contribution >= 4 is 17.7 Å². The van der Waals surface area contributed by atoms with Crippen LogP contribution in [0.1, 0.15) is 44.1 Å². The van der Waals surface area contributed by atoms with Gasteiger partial charge in [-0.25, -0.2) is 0 Å². The van der Waals surface area contributed by atoms with Crippen molar-refractivity contribution in [2.24, 2.45) is 5.92 Å². The molecule has 1 aromatic carbocycles. The van der Waals surface area contributed by atoms with Gasteiger partial charge in [0.15, 0.2) is 6.35 Å². The van der Waals surface area contributed by atoms with Gasteiger partial charge in [-0.2, -0.15) is 5.26 Å². The van der Waals surface area contributed by atoms with Crippen LogP contribution in [0.25, 0.3) is 0 Å². The maximum Gasteiger partial charge on any atom is 0.246 e. The minimum atomic E-state index is -0.235. The van der Waals surface area contributed by atoms with Crippen LogP contribution in [0.5, 0.6) is 5.75 Å². The first kappa shape index (κ1) is 29.0. The average Bonchev–Trinajstić information content (AvgIpc) is 3.56. The van der Waals surface area contributed by atoms with Crippen LogP contribution in [0, 0.1) is 17.2 Å². The van der Waals surface area contributed by atoms with Gasteiger partial charge in [-0.1, -0.05) is 12.6 Å². The molecule has 1 aliphatic carbocycles. The number of piperazine rings is 1. The molecule has 6 unspecified atom stereocenters. The van der Waals surface area contributed by atoms with Gasteiger partial charge in [-0.15, -0.1) is 11.8 Å². The Morgan fingerprint density at radius 2 is 2.15 bits per heavy atom. The molecule has 1 amide bonds. The Bertz CT molecular complexity index is 1180. The first-order valence-electron chi connectivity index (χ1n) is 15.2. The summed E-state index contributed by atoms with van der Waals surface area (Å²) in [5.74, 6) is 1.25. The number of hydrogen-bond donors (Lipinski definition) is 2. The first-order valence-corrected chi connectivity index (χ1v) is 16.0. The second-order valence-electron chi connectivity index (χ2n) is 12.5. The fourth-order valence-corrected chi connectivity index (χ4v) is 9.45. The molecule has 0 radical (unpaired) electrons. The number of carbonyl (C=O) groups is 1. The molecule has 0 bridgehead atoms. The van der Waals surface area contributed by atoms with E-state index in [2.05, 4.69) is 58.3 Å². The highest BCUT2D eigenvalue weighted by molar-refractivity contribution is 8.01. The van der Waals surface area contributed by atoms with Crippen LogP contribution < -0.4 is 15.4 Å². The smallest absolute Gasteiger partial charge is 0.246 e. The quantitative estimate of drug-likeness (QED) is 0.473. The second kappa shape index (κ2) is 12.2. The number of fused-ring (bicyclic) bond motifs is 2. The molecule has 2 N–H and O–H groups in total. The number of amides is 1. The molecule has 222 valence electrons. The van der Waals surface area contributed by atoms with Crippen molar-refractivity contribution in [2.45, 2.75) is 85.2 Å². The van der Waals surface area contributed by atoms with Gasteiger partial charge in [0.05, 0.1) is 38.4 Å². The summed E-state index contributed by atoms with van der Waals surface area (Å²) in [6.45, 7) is 7.57. The second-order valence-corrected chi connectivity index (χ2v) is 14.0. The third-order valence-corrected chi connectivity index (χ3v) is 11.6. The summed E-state index contributed by atoms with van der Waals surface area (Å²) < 4.78 is 12.3. The molecule has 4 heterocycles. The average molecular weight is 581 g/mol. The summed E-state index contributed by atoms with van der Waals surface area (Å²) in [4.78, 5) is 20.6. The lowest BCUT2D eigenvalue weighted by molar-refractivity contribution is -0.135. The van der Waals surface area contributed by atoms with Crippen LogP contribution >= 0.6 is 11.8 Å². The van der Waals surface area contributed by atoms with E-state index in [1.165, 1.54) is 29.4 Å². The van der Waals surface area contributed by atoms with Crippen LogP contribution in [0.3, 0.4) is 0 Å². The number of benzene rings is 1. The molecule has 1 saturated carbocycles. The zero-order chi connectivity index (χ0) is 28.6. The van der Waals surface area contributed by atoms with E-state index < -0.39 is 0 Å². The third-order valence-electron chi connectivity index (χ3n) is 10.1. The topological polar surface area (TPSA) is 93.1 Å². The van der Waals surface area contributed by atoms with Crippen molar-refractivity contribution in [1.82, 2.24) is 25.3 Å². The number of ether oxygens (including phenoxy) is 2. The van der Waals surface area contributed by atoms with Gasteiger partial charge in [-0.3, -0.25) is 20.3 Å².